The van der Waals surface area contributed by atoms with Crippen molar-refractivity contribution in [3.05, 3.63) is 71.8 Å². The highest BCUT2D eigenvalue weighted by atomic mass is 32.2. The maximum atomic E-state index is 12.2. The van der Waals surface area contributed by atoms with Gasteiger partial charge in [0.15, 0.2) is 0 Å². The lowest BCUT2D eigenvalue weighted by Crippen LogP contribution is -2.35. The summed E-state index contributed by atoms with van der Waals surface area (Å²) >= 11 is 0. The number of sulfonamides is 1. The van der Waals surface area contributed by atoms with Gasteiger partial charge >= 0.3 is 0 Å². The molecule has 0 bridgehead atoms. The van der Waals surface area contributed by atoms with Crippen LogP contribution in [0, 0.1) is 0 Å². The molecule has 0 saturated heterocycles. The fourth-order valence-electron chi connectivity index (χ4n) is 2.66. The number of likely N-dealkylation sites (N-methyl/N-ethyl adjacent to an activating group) is 1. The third-order valence-corrected chi connectivity index (χ3v) is 5.46. The van der Waals surface area contributed by atoms with Gasteiger partial charge in [0, 0.05) is 12.6 Å². The summed E-state index contributed by atoms with van der Waals surface area (Å²) in [6, 6.07) is 19.9. The molecule has 5 heteroatoms. The van der Waals surface area contributed by atoms with E-state index < -0.39 is 10.0 Å². The van der Waals surface area contributed by atoms with Gasteiger partial charge in [-0.25, -0.2) is 13.1 Å². The lowest BCUT2D eigenvalue weighted by atomic mass is 10.1. The zero-order valence-corrected chi connectivity index (χ0v) is 15.2. The van der Waals surface area contributed by atoms with Gasteiger partial charge in [0.2, 0.25) is 10.0 Å². The second kappa shape index (κ2) is 8.97. The minimum atomic E-state index is -3.26. The molecular formula is C19H26N2O2S. The van der Waals surface area contributed by atoms with E-state index in [1.807, 2.05) is 79.7 Å². The summed E-state index contributed by atoms with van der Waals surface area (Å²) in [5, 5.41) is 0. The third kappa shape index (κ3) is 6.07. The number of nitrogens with zero attached hydrogens (tertiary/aromatic N) is 1. The molecule has 1 atom stereocenters. The van der Waals surface area contributed by atoms with E-state index in [0.717, 1.165) is 12.0 Å². The van der Waals surface area contributed by atoms with Gasteiger partial charge in [-0.3, -0.25) is 0 Å². The molecule has 0 aliphatic carbocycles. The van der Waals surface area contributed by atoms with Gasteiger partial charge in [-0.05, 0) is 38.1 Å². The van der Waals surface area contributed by atoms with E-state index in [0.29, 0.717) is 13.0 Å². The Morgan fingerprint density at radius 3 is 2.12 bits per heavy atom. The summed E-state index contributed by atoms with van der Waals surface area (Å²) in [4.78, 5) is 2.03. The molecule has 0 saturated carbocycles. The van der Waals surface area contributed by atoms with Crippen LogP contribution in [-0.4, -0.2) is 39.7 Å². The van der Waals surface area contributed by atoms with E-state index in [1.54, 1.807) is 0 Å². The summed E-state index contributed by atoms with van der Waals surface area (Å²) < 4.78 is 27.3. The highest BCUT2D eigenvalue weighted by Gasteiger charge is 2.17. The molecule has 0 aliphatic rings. The van der Waals surface area contributed by atoms with Gasteiger partial charge in [0.1, 0.15) is 0 Å². The maximum Gasteiger partial charge on any atom is 0.211 e. The Kier molecular flexibility index (Phi) is 6.97. The Morgan fingerprint density at radius 1 is 0.958 bits per heavy atom. The lowest BCUT2D eigenvalue weighted by Gasteiger charge is -2.25. The lowest BCUT2D eigenvalue weighted by molar-refractivity contribution is 0.299. The van der Waals surface area contributed by atoms with Crippen molar-refractivity contribution in [3.63, 3.8) is 0 Å². The zero-order valence-electron chi connectivity index (χ0n) is 14.4. The van der Waals surface area contributed by atoms with E-state index >= 15 is 0 Å². The van der Waals surface area contributed by atoms with E-state index in [1.165, 1.54) is 5.56 Å². The van der Waals surface area contributed by atoms with Crippen LogP contribution in [0.4, 0.5) is 0 Å². The number of hydrogen-bond donors (Lipinski definition) is 1. The van der Waals surface area contributed by atoms with Crippen LogP contribution < -0.4 is 4.72 Å². The van der Waals surface area contributed by atoms with Gasteiger partial charge in [0.05, 0.1) is 5.75 Å². The fourth-order valence-corrected chi connectivity index (χ4v) is 3.74. The predicted octanol–water partition coefficient (Wildman–Crippen LogP) is 2.84. The number of rotatable bonds is 9. The molecule has 0 fully saturated rings. The standard InChI is InChI=1S/C19H26N2O2S/c1-21(2)19(18-13-7-4-8-14-18)16-20-24(22,23)15-9-12-17-10-5-3-6-11-17/h3-8,10-11,13-14,19-20H,9,12,15-16H2,1-2H3. The van der Waals surface area contributed by atoms with Crippen molar-refractivity contribution in [2.24, 2.45) is 0 Å². The Labute approximate surface area is 145 Å². The number of aryl methyl sites for hydroxylation is 1. The summed E-state index contributed by atoms with van der Waals surface area (Å²) in [5.41, 5.74) is 2.28. The van der Waals surface area contributed by atoms with Crippen LogP contribution in [0.5, 0.6) is 0 Å². The monoisotopic (exact) mass is 346 g/mol. The summed E-state index contributed by atoms with van der Waals surface area (Å²) in [6.45, 7) is 0.380. The summed E-state index contributed by atoms with van der Waals surface area (Å²) in [6.07, 6.45) is 1.40. The van der Waals surface area contributed by atoms with E-state index in [9.17, 15) is 8.42 Å². The van der Waals surface area contributed by atoms with Gasteiger partial charge < -0.3 is 4.90 Å². The molecule has 0 aromatic heterocycles. The van der Waals surface area contributed by atoms with Crippen molar-refractivity contribution in [3.8, 4) is 0 Å². The van der Waals surface area contributed by atoms with E-state index in [-0.39, 0.29) is 11.8 Å². The second-order valence-electron chi connectivity index (χ2n) is 6.15. The van der Waals surface area contributed by atoms with Crippen molar-refractivity contribution in [1.29, 1.82) is 0 Å². The van der Waals surface area contributed by atoms with Crippen LogP contribution >= 0.6 is 0 Å². The van der Waals surface area contributed by atoms with Crippen molar-refractivity contribution in [2.75, 3.05) is 26.4 Å². The summed E-state index contributed by atoms with van der Waals surface area (Å²) in [7, 11) is 0.654. The third-order valence-electron chi connectivity index (χ3n) is 4.03. The molecule has 0 amide bonds. The van der Waals surface area contributed by atoms with Crippen LogP contribution in [0.15, 0.2) is 60.7 Å². The Hall–Kier alpha value is -1.69. The normalized spacial score (nSPS) is 13.1. The number of hydrogen-bond acceptors (Lipinski definition) is 3. The molecule has 4 nitrogen and oxygen atoms in total. The first-order chi connectivity index (χ1) is 11.5. The molecule has 0 aliphatic heterocycles. The number of nitrogens with one attached hydrogen (secondary N) is 1. The molecule has 2 rings (SSSR count). The van der Waals surface area contributed by atoms with Gasteiger partial charge in [-0.2, -0.15) is 0 Å². The SMILES string of the molecule is CN(C)C(CNS(=O)(=O)CCCc1ccccc1)c1ccccc1. The summed E-state index contributed by atoms with van der Waals surface area (Å²) in [5.74, 6) is 0.150. The maximum absolute atomic E-state index is 12.2. The molecule has 0 spiro atoms. The average Bonchev–Trinajstić information content (AvgIpc) is 2.56. The largest absolute Gasteiger partial charge is 0.301 e. The first kappa shape index (κ1) is 18.6. The average molecular weight is 346 g/mol. The molecule has 24 heavy (non-hydrogen) atoms. The minimum Gasteiger partial charge on any atom is -0.301 e. The van der Waals surface area contributed by atoms with Crippen LogP contribution in [0.25, 0.3) is 0 Å². The van der Waals surface area contributed by atoms with Gasteiger partial charge in [0.25, 0.3) is 0 Å². The fraction of sp³-hybridized carbons (Fsp3) is 0.368. The zero-order chi connectivity index (χ0) is 17.4. The molecule has 130 valence electrons. The van der Waals surface area contributed by atoms with E-state index in [4.69, 9.17) is 0 Å². The molecule has 0 radical (unpaired) electrons. The predicted molar refractivity (Wildman–Crippen MR) is 99.4 cm³/mol. The van der Waals surface area contributed by atoms with Crippen LogP contribution in [0.2, 0.25) is 0 Å². The van der Waals surface area contributed by atoms with Crippen molar-refractivity contribution >= 4 is 10.0 Å². The molecule has 0 heterocycles. The van der Waals surface area contributed by atoms with Crippen LogP contribution in [0.1, 0.15) is 23.6 Å². The molecule has 1 unspecified atom stereocenters. The smallest absolute Gasteiger partial charge is 0.211 e. The van der Waals surface area contributed by atoms with Crippen molar-refractivity contribution in [1.82, 2.24) is 9.62 Å². The van der Waals surface area contributed by atoms with E-state index in [2.05, 4.69) is 4.72 Å². The van der Waals surface area contributed by atoms with Crippen molar-refractivity contribution < 1.29 is 8.42 Å². The Balaban J connectivity index is 1.86. The minimum absolute atomic E-state index is 0.0232. The quantitative estimate of drug-likeness (QED) is 0.759. The first-order valence-corrected chi connectivity index (χ1v) is 9.86. The van der Waals surface area contributed by atoms with Gasteiger partial charge in [-0.1, -0.05) is 60.7 Å². The first-order valence-electron chi connectivity index (χ1n) is 8.20. The number of benzene rings is 2. The highest BCUT2D eigenvalue weighted by molar-refractivity contribution is 7.89. The Morgan fingerprint density at radius 2 is 1.54 bits per heavy atom. The Bertz CT molecular complexity index is 701. The van der Waals surface area contributed by atoms with Crippen LogP contribution in [-0.2, 0) is 16.4 Å². The molecule has 2 aromatic rings. The van der Waals surface area contributed by atoms with Crippen molar-refractivity contribution in [2.45, 2.75) is 18.9 Å². The molecule has 1 N–H and O–H groups in total. The molecular weight excluding hydrogens is 320 g/mol. The van der Waals surface area contributed by atoms with Crippen LogP contribution in [0.3, 0.4) is 0 Å². The topological polar surface area (TPSA) is 49.4 Å². The highest BCUT2D eigenvalue weighted by Crippen LogP contribution is 2.17. The second-order valence-corrected chi connectivity index (χ2v) is 8.07. The molecule has 2 aromatic carbocycles. The van der Waals surface area contributed by atoms with Gasteiger partial charge in [-0.15, -0.1) is 0 Å².